The van der Waals surface area contributed by atoms with Gasteiger partial charge in [0.2, 0.25) is 23.6 Å². The molecule has 0 unspecified atom stereocenters. The van der Waals surface area contributed by atoms with E-state index in [9.17, 15) is 28.8 Å². The van der Waals surface area contributed by atoms with Crippen LogP contribution < -0.4 is 20.9 Å². The molecule has 1 aromatic rings. The van der Waals surface area contributed by atoms with Gasteiger partial charge in [0, 0.05) is 31.5 Å². The summed E-state index contributed by atoms with van der Waals surface area (Å²) in [5, 5.41) is 15.7. The van der Waals surface area contributed by atoms with E-state index >= 15 is 0 Å². The number of primary amides is 1. The number of hydrogen-bond acceptors (Lipinski definition) is 7. The number of hydrogen-bond donors (Lipinski definition) is 6. The number of phosphoric ester groups is 1. The monoisotopic (exact) mass is 582 g/mol. The molecule has 1 aliphatic heterocycles. The number of β-amino-alcohol motifs (C(OH)–C–C–N with tert-alkyl or cyclic N) is 1. The Bertz CT molecular complexity index is 1140. The van der Waals surface area contributed by atoms with Gasteiger partial charge in [0.1, 0.15) is 17.8 Å². The van der Waals surface area contributed by atoms with Gasteiger partial charge >= 0.3 is 7.82 Å². The number of rotatable bonds is 14. The number of nitrogens with zero attached hydrogens (tertiary/aromatic N) is 1. The summed E-state index contributed by atoms with van der Waals surface area (Å²) >= 11 is 0. The predicted octanol–water partition coefficient (Wildman–Crippen LogP) is 0.968. The number of aliphatic hydroxyl groups is 1. The lowest BCUT2D eigenvalue weighted by molar-refractivity contribution is -0.141. The van der Waals surface area contributed by atoms with Crippen LogP contribution in [0.25, 0.3) is 5.57 Å². The molecule has 0 aromatic heterocycles. The van der Waals surface area contributed by atoms with Crippen LogP contribution in [0.3, 0.4) is 0 Å². The number of carbonyl (C=O) groups excluding carboxylic acids is 4. The first-order chi connectivity index (χ1) is 18.7. The van der Waals surface area contributed by atoms with Crippen LogP contribution in [-0.4, -0.2) is 74.2 Å². The van der Waals surface area contributed by atoms with Crippen LogP contribution in [0.2, 0.25) is 0 Å². The summed E-state index contributed by atoms with van der Waals surface area (Å²) in [6, 6.07) is 3.56. The van der Waals surface area contributed by atoms with Gasteiger partial charge in [-0.2, -0.15) is 0 Å². The Morgan fingerprint density at radius 2 is 1.82 bits per heavy atom. The zero-order chi connectivity index (χ0) is 30.0. The number of amides is 4. The van der Waals surface area contributed by atoms with E-state index in [1.54, 1.807) is 13.8 Å². The Hall–Kier alpha value is -3.25. The van der Waals surface area contributed by atoms with Crippen molar-refractivity contribution in [1.29, 1.82) is 0 Å². The fourth-order valence-corrected chi connectivity index (χ4v) is 4.75. The van der Waals surface area contributed by atoms with Crippen molar-refractivity contribution in [3.8, 4) is 5.75 Å². The molecule has 40 heavy (non-hydrogen) atoms. The van der Waals surface area contributed by atoms with Crippen LogP contribution in [0, 0.1) is 0 Å². The molecule has 1 fully saturated rings. The highest BCUT2D eigenvalue weighted by molar-refractivity contribution is 7.46. The number of likely N-dealkylation sites (tertiary alicyclic amines) is 1. The normalized spacial score (nSPS) is 19.1. The van der Waals surface area contributed by atoms with Crippen molar-refractivity contribution in [3.63, 3.8) is 0 Å². The van der Waals surface area contributed by atoms with Crippen LogP contribution in [0.1, 0.15) is 64.9 Å². The molecule has 4 atom stereocenters. The number of nitrogens with two attached hydrogens (primary N) is 1. The van der Waals surface area contributed by atoms with Crippen molar-refractivity contribution in [2.24, 2.45) is 5.73 Å². The van der Waals surface area contributed by atoms with Gasteiger partial charge in [0.25, 0.3) is 0 Å². The molecule has 0 saturated carbocycles. The molecular formula is C26H39N4O9P. The summed E-state index contributed by atoms with van der Waals surface area (Å²) in [6.45, 7) is 5.27. The summed E-state index contributed by atoms with van der Waals surface area (Å²) in [7, 11) is -4.69. The Kier molecular flexibility index (Phi) is 12.3. The maximum atomic E-state index is 13.5. The van der Waals surface area contributed by atoms with Crippen molar-refractivity contribution < 1.29 is 43.2 Å². The maximum Gasteiger partial charge on any atom is 0.524 e. The SMILES string of the molecule is CCCC[C@H](NC(=O)/C=C(\C)c1ccc(OP(=O)(O)O)cc1)C(=O)N1C[C@@H](O)C[C@H]1C(=O)N[C@H](C)CCC(N)=O. The third kappa shape index (κ3) is 10.7. The Labute approximate surface area is 233 Å². The Balaban J connectivity index is 2.12. The lowest BCUT2D eigenvalue weighted by atomic mass is 10.1. The number of phosphoric acid groups is 1. The van der Waals surface area contributed by atoms with Gasteiger partial charge in [-0.3, -0.25) is 29.0 Å². The molecule has 1 saturated heterocycles. The number of aliphatic hydroxyl groups excluding tert-OH is 1. The molecule has 1 aliphatic rings. The molecule has 0 bridgehead atoms. The number of benzene rings is 1. The van der Waals surface area contributed by atoms with Crippen LogP contribution >= 0.6 is 7.82 Å². The van der Waals surface area contributed by atoms with Crippen LogP contribution in [0.5, 0.6) is 5.75 Å². The topological polar surface area (TPSA) is 209 Å². The molecule has 14 heteroatoms. The second kappa shape index (κ2) is 14.9. The molecule has 13 nitrogen and oxygen atoms in total. The third-order valence-electron chi connectivity index (χ3n) is 6.42. The van der Waals surface area contributed by atoms with Gasteiger partial charge in [0.05, 0.1) is 6.10 Å². The quantitative estimate of drug-likeness (QED) is 0.136. The van der Waals surface area contributed by atoms with Gasteiger partial charge in [0.15, 0.2) is 0 Å². The highest BCUT2D eigenvalue weighted by atomic mass is 31.2. The minimum absolute atomic E-state index is 0.0341. The zero-order valence-electron chi connectivity index (χ0n) is 22.9. The molecule has 2 rings (SSSR count). The highest BCUT2D eigenvalue weighted by Gasteiger charge is 2.41. The molecular weight excluding hydrogens is 543 g/mol. The number of allylic oxidation sites excluding steroid dienone is 1. The second-order valence-electron chi connectivity index (χ2n) is 9.95. The summed E-state index contributed by atoms with van der Waals surface area (Å²) in [5.74, 6) is -1.99. The van der Waals surface area contributed by atoms with E-state index in [4.69, 9.17) is 15.5 Å². The van der Waals surface area contributed by atoms with Crippen molar-refractivity contribution in [1.82, 2.24) is 15.5 Å². The summed E-state index contributed by atoms with van der Waals surface area (Å²) in [5.41, 5.74) is 6.29. The molecule has 1 heterocycles. The van der Waals surface area contributed by atoms with Gasteiger partial charge in [-0.05, 0) is 50.0 Å². The van der Waals surface area contributed by atoms with Crippen LogP contribution in [-0.2, 0) is 23.7 Å². The summed E-state index contributed by atoms with van der Waals surface area (Å²) in [4.78, 5) is 69.5. The Morgan fingerprint density at radius 1 is 1.18 bits per heavy atom. The molecule has 0 spiro atoms. The lowest BCUT2D eigenvalue weighted by Gasteiger charge is -2.29. The molecule has 1 aromatic carbocycles. The summed E-state index contributed by atoms with van der Waals surface area (Å²) < 4.78 is 15.5. The second-order valence-corrected chi connectivity index (χ2v) is 11.1. The van der Waals surface area contributed by atoms with Crippen LogP contribution in [0.4, 0.5) is 0 Å². The minimum Gasteiger partial charge on any atom is -0.404 e. The first-order valence-corrected chi connectivity index (χ1v) is 14.6. The van der Waals surface area contributed by atoms with Crippen molar-refractivity contribution in [2.75, 3.05) is 6.54 Å². The first-order valence-electron chi connectivity index (χ1n) is 13.1. The number of carbonyl (C=O) groups is 4. The molecule has 7 N–H and O–H groups in total. The van der Waals surface area contributed by atoms with E-state index < -0.39 is 49.6 Å². The van der Waals surface area contributed by atoms with Gasteiger partial charge in [-0.15, -0.1) is 0 Å². The first kappa shape index (κ1) is 33.0. The van der Waals surface area contributed by atoms with Crippen LogP contribution in [0.15, 0.2) is 30.3 Å². The van der Waals surface area contributed by atoms with Gasteiger partial charge in [-0.1, -0.05) is 31.9 Å². The smallest absolute Gasteiger partial charge is 0.404 e. The van der Waals surface area contributed by atoms with E-state index in [-0.39, 0.29) is 31.2 Å². The molecule has 0 aliphatic carbocycles. The zero-order valence-corrected chi connectivity index (χ0v) is 23.8. The van der Waals surface area contributed by atoms with E-state index in [0.717, 1.165) is 6.42 Å². The molecule has 222 valence electrons. The van der Waals surface area contributed by atoms with Crippen molar-refractivity contribution in [2.45, 2.75) is 83.5 Å². The minimum atomic E-state index is -4.69. The molecule has 0 radical (unpaired) electrons. The summed E-state index contributed by atoms with van der Waals surface area (Å²) in [6.07, 6.45) is 2.62. The van der Waals surface area contributed by atoms with Gasteiger partial charge in [-0.25, -0.2) is 4.57 Å². The standard InChI is InChI=1S/C26H39N4O9P/c1-4-5-6-21(29-24(33)13-16(2)18-8-10-20(11-9-18)39-40(36,37)38)26(35)30-15-19(31)14-22(30)25(34)28-17(3)7-12-23(27)32/h8-11,13,17,19,21-22,31H,4-7,12,14-15H2,1-3H3,(H2,27,32)(H,28,34)(H,29,33)(H2,36,37,38)/b16-13+/t17-,19+,21+,22+/m1/s1. The number of nitrogens with one attached hydrogen (secondary N) is 2. The number of unbranched alkanes of at least 4 members (excludes halogenated alkanes) is 1. The van der Waals surface area contributed by atoms with Crippen molar-refractivity contribution >= 4 is 37.0 Å². The average molecular weight is 583 g/mol. The average Bonchev–Trinajstić information content (AvgIpc) is 3.26. The largest absolute Gasteiger partial charge is 0.524 e. The predicted molar refractivity (Wildman–Crippen MR) is 146 cm³/mol. The van der Waals surface area contributed by atoms with E-state index in [1.807, 2.05) is 6.92 Å². The third-order valence-corrected chi connectivity index (χ3v) is 6.87. The fourth-order valence-electron chi connectivity index (χ4n) is 4.35. The van der Waals surface area contributed by atoms with E-state index in [0.29, 0.717) is 30.4 Å². The lowest BCUT2D eigenvalue weighted by Crippen LogP contribution is -2.54. The fraction of sp³-hybridized carbons (Fsp3) is 0.538. The Morgan fingerprint density at radius 3 is 2.40 bits per heavy atom. The van der Waals surface area contributed by atoms with Crippen molar-refractivity contribution in [3.05, 3.63) is 35.9 Å². The van der Waals surface area contributed by atoms with Gasteiger partial charge < -0.3 is 30.9 Å². The maximum absolute atomic E-state index is 13.5. The molecule has 4 amide bonds. The highest BCUT2D eigenvalue weighted by Crippen LogP contribution is 2.37. The van der Waals surface area contributed by atoms with E-state index in [2.05, 4.69) is 15.2 Å². The van der Waals surface area contributed by atoms with E-state index in [1.165, 1.54) is 35.2 Å².